The minimum Gasteiger partial charge on any atom is -0.494 e. The first-order valence-corrected chi connectivity index (χ1v) is 6.06. The van der Waals surface area contributed by atoms with Gasteiger partial charge in [0.05, 0.1) is 7.11 Å². The second-order valence-electron chi connectivity index (χ2n) is 2.85. The van der Waals surface area contributed by atoms with Crippen molar-refractivity contribution in [3.8, 4) is 5.75 Å². The number of alkyl halides is 1. The van der Waals surface area contributed by atoms with E-state index in [9.17, 15) is 4.39 Å². The van der Waals surface area contributed by atoms with E-state index in [1.807, 2.05) is 5.38 Å². The number of fused-ring (bicyclic) bond motifs is 1. The lowest BCUT2D eigenvalue weighted by atomic mass is 10.1. The lowest BCUT2D eigenvalue weighted by molar-refractivity contribution is 0.389. The fourth-order valence-electron chi connectivity index (χ4n) is 1.40. The number of thiophene rings is 1. The van der Waals surface area contributed by atoms with Gasteiger partial charge < -0.3 is 4.74 Å². The Morgan fingerprint density at radius 2 is 2.36 bits per heavy atom. The van der Waals surface area contributed by atoms with Crippen LogP contribution in [0.2, 0.25) is 0 Å². The number of ether oxygens (including phenoxy) is 1. The van der Waals surface area contributed by atoms with Gasteiger partial charge in [0.1, 0.15) is 0 Å². The highest BCUT2D eigenvalue weighted by molar-refractivity contribution is 9.08. The van der Waals surface area contributed by atoms with Crippen molar-refractivity contribution in [2.75, 3.05) is 7.11 Å². The zero-order valence-electron chi connectivity index (χ0n) is 7.51. The smallest absolute Gasteiger partial charge is 0.173 e. The monoisotopic (exact) mass is 274 g/mol. The number of hydrogen-bond donors (Lipinski definition) is 0. The maximum atomic E-state index is 13.7. The van der Waals surface area contributed by atoms with Gasteiger partial charge in [-0.3, -0.25) is 0 Å². The Morgan fingerprint density at radius 3 is 3.00 bits per heavy atom. The molecule has 0 atom stereocenters. The van der Waals surface area contributed by atoms with E-state index in [1.165, 1.54) is 7.11 Å². The highest BCUT2D eigenvalue weighted by atomic mass is 79.9. The van der Waals surface area contributed by atoms with Gasteiger partial charge in [-0.15, -0.1) is 11.3 Å². The molecule has 0 radical (unpaired) electrons. The zero-order valence-corrected chi connectivity index (χ0v) is 9.91. The fraction of sp³-hybridized carbons (Fsp3) is 0.200. The van der Waals surface area contributed by atoms with E-state index >= 15 is 0 Å². The molecule has 0 fully saturated rings. The standard InChI is InChI=1S/C10H8BrFOS/c1-13-8-4-6(5-11)10-7(9(8)12)2-3-14-10/h2-4H,5H2,1H3. The molecular weight excluding hydrogens is 267 g/mol. The summed E-state index contributed by atoms with van der Waals surface area (Å²) in [7, 11) is 1.48. The van der Waals surface area contributed by atoms with Gasteiger partial charge in [0.15, 0.2) is 11.6 Å². The van der Waals surface area contributed by atoms with E-state index in [1.54, 1.807) is 23.5 Å². The van der Waals surface area contributed by atoms with Gasteiger partial charge >= 0.3 is 0 Å². The third-order valence-electron chi connectivity index (χ3n) is 2.08. The summed E-state index contributed by atoms with van der Waals surface area (Å²) in [6.45, 7) is 0. The van der Waals surface area contributed by atoms with Crippen LogP contribution < -0.4 is 4.74 Å². The van der Waals surface area contributed by atoms with E-state index in [0.717, 1.165) is 10.3 Å². The molecule has 0 aliphatic carbocycles. The van der Waals surface area contributed by atoms with Crippen molar-refractivity contribution in [1.82, 2.24) is 0 Å². The van der Waals surface area contributed by atoms with Crippen LogP contribution in [0.4, 0.5) is 4.39 Å². The third-order valence-corrected chi connectivity index (χ3v) is 3.67. The molecule has 4 heteroatoms. The molecule has 0 N–H and O–H groups in total. The van der Waals surface area contributed by atoms with E-state index in [4.69, 9.17) is 4.74 Å². The number of rotatable bonds is 2. The molecule has 1 aromatic carbocycles. The van der Waals surface area contributed by atoms with Gasteiger partial charge in [0.25, 0.3) is 0 Å². The normalized spacial score (nSPS) is 10.8. The maximum absolute atomic E-state index is 13.7. The molecule has 0 saturated carbocycles. The average molecular weight is 275 g/mol. The van der Waals surface area contributed by atoms with Crippen molar-refractivity contribution in [1.29, 1.82) is 0 Å². The Labute approximate surface area is 93.6 Å². The molecule has 1 aromatic heterocycles. The van der Waals surface area contributed by atoms with Crippen LogP contribution in [0, 0.1) is 5.82 Å². The van der Waals surface area contributed by atoms with Crippen LogP contribution in [0.15, 0.2) is 17.5 Å². The first-order chi connectivity index (χ1) is 6.77. The second-order valence-corrected chi connectivity index (χ2v) is 4.33. The van der Waals surface area contributed by atoms with Gasteiger partial charge in [-0.1, -0.05) is 15.9 Å². The van der Waals surface area contributed by atoms with Crippen LogP contribution in [0.3, 0.4) is 0 Å². The maximum Gasteiger partial charge on any atom is 0.173 e. The summed E-state index contributed by atoms with van der Waals surface area (Å²) in [5.41, 5.74) is 1.06. The number of methoxy groups -OCH3 is 1. The first kappa shape index (κ1) is 9.93. The van der Waals surface area contributed by atoms with E-state index in [0.29, 0.717) is 16.5 Å². The zero-order chi connectivity index (χ0) is 10.1. The molecule has 74 valence electrons. The third kappa shape index (κ3) is 1.42. The van der Waals surface area contributed by atoms with Crippen molar-refractivity contribution in [2.45, 2.75) is 5.33 Å². The van der Waals surface area contributed by atoms with Crippen LogP contribution in [0.5, 0.6) is 5.75 Å². The van der Waals surface area contributed by atoms with Crippen molar-refractivity contribution >= 4 is 37.4 Å². The molecule has 1 nitrogen and oxygen atoms in total. The second kappa shape index (κ2) is 3.87. The SMILES string of the molecule is COc1cc(CBr)c2sccc2c1F. The molecule has 0 spiro atoms. The minimum atomic E-state index is -0.270. The average Bonchev–Trinajstić information content (AvgIpc) is 2.68. The molecule has 0 saturated heterocycles. The summed E-state index contributed by atoms with van der Waals surface area (Å²) in [6.07, 6.45) is 0. The molecule has 0 aliphatic heterocycles. The topological polar surface area (TPSA) is 9.23 Å². The summed E-state index contributed by atoms with van der Waals surface area (Å²) >= 11 is 4.93. The summed E-state index contributed by atoms with van der Waals surface area (Å²) in [5, 5.41) is 3.24. The Hall–Kier alpha value is -0.610. The van der Waals surface area contributed by atoms with Gasteiger partial charge in [0.2, 0.25) is 0 Å². The Balaban J connectivity index is 2.80. The quantitative estimate of drug-likeness (QED) is 0.754. The van der Waals surface area contributed by atoms with E-state index < -0.39 is 0 Å². The minimum absolute atomic E-state index is 0.270. The summed E-state index contributed by atoms with van der Waals surface area (Å²) < 4.78 is 19.6. The molecule has 2 rings (SSSR count). The fourth-order valence-corrected chi connectivity index (χ4v) is 2.93. The van der Waals surface area contributed by atoms with Crippen LogP contribution in [-0.2, 0) is 5.33 Å². The highest BCUT2D eigenvalue weighted by Gasteiger charge is 2.12. The summed E-state index contributed by atoms with van der Waals surface area (Å²) in [4.78, 5) is 0. The molecule has 0 unspecified atom stereocenters. The van der Waals surface area contributed by atoms with Crippen LogP contribution in [-0.4, -0.2) is 7.11 Å². The van der Waals surface area contributed by atoms with E-state index in [-0.39, 0.29) is 5.82 Å². The molecule has 0 amide bonds. The van der Waals surface area contributed by atoms with Gasteiger partial charge in [-0.25, -0.2) is 4.39 Å². The van der Waals surface area contributed by atoms with Crippen molar-refractivity contribution < 1.29 is 9.13 Å². The van der Waals surface area contributed by atoms with Gasteiger partial charge in [-0.05, 0) is 23.1 Å². The number of hydrogen-bond acceptors (Lipinski definition) is 2. The molecule has 14 heavy (non-hydrogen) atoms. The predicted octanol–water partition coefficient (Wildman–Crippen LogP) is 3.94. The van der Waals surface area contributed by atoms with Gasteiger partial charge in [-0.2, -0.15) is 0 Å². The Kier molecular flexibility index (Phi) is 2.74. The number of halogens is 2. The lowest BCUT2D eigenvalue weighted by Gasteiger charge is -2.05. The van der Waals surface area contributed by atoms with Crippen LogP contribution in [0.1, 0.15) is 5.56 Å². The highest BCUT2D eigenvalue weighted by Crippen LogP contribution is 2.34. The van der Waals surface area contributed by atoms with Crippen molar-refractivity contribution in [3.63, 3.8) is 0 Å². The van der Waals surface area contributed by atoms with Crippen molar-refractivity contribution in [2.24, 2.45) is 0 Å². The summed E-state index contributed by atoms with van der Waals surface area (Å²) in [5.74, 6) is 0.0406. The van der Waals surface area contributed by atoms with E-state index in [2.05, 4.69) is 15.9 Å². The molecule has 0 aliphatic rings. The first-order valence-electron chi connectivity index (χ1n) is 4.06. The largest absolute Gasteiger partial charge is 0.494 e. The lowest BCUT2D eigenvalue weighted by Crippen LogP contribution is -1.90. The molecule has 2 aromatic rings. The molecule has 0 bridgehead atoms. The number of benzene rings is 1. The Morgan fingerprint density at radius 1 is 1.57 bits per heavy atom. The van der Waals surface area contributed by atoms with Crippen LogP contribution in [0.25, 0.3) is 10.1 Å². The summed E-state index contributed by atoms with van der Waals surface area (Å²) in [6, 6.07) is 3.52. The molecular formula is C10H8BrFOS. The van der Waals surface area contributed by atoms with Crippen LogP contribution >= 0.6 is 27.3 Å². The Bertz CT molecular complexity index is 466. The molecule has 1 heterocycles. The van der Waals surface area contributed by atoms with Crippen molar-refractivity contribution in [3.05, 3.63) is 28.9 Å². The predicted molar refractivity (Wildman–Crippen MR) is 61.0 cm³/mol. The van der Waals surface area contributed by atoms with Gasteiger partial charge in [0, 0.05) is 15.4 Å².